The molecule has 1 atom stereocenters. The molecular formula is C9H11FN2O2. The van der Waals surface area contributed by atoms with Crippen molar-refractivity contribution in [2.24, 2.45) is 5.73 Å². The highest BCUT2D eigenvalue weighted by Gasteiger charge is 2.12. The first-order valence-electron chi connectivity index (χ1n) is 4.10. The summed E-state index contributed by atoms with van der Waals surface area (Å²) in [6.45, 7) is 1.55. The Kier molecular flexibility index (Phi) is 3.14. The molecule has 3 N–H and O–H groups in total. The molecule has 14 heavy (non-hydrogen) atoms. The Balaban J connectivity index is 2.85. The normalized spacial score (nSPS) is 12.5. The van der Waals surface area contributed by atoms with Crippen LogP contribution in [0.2, 0.25) is 0 Å². The Bertz CT molecular complexity index is 355. The molecule has 0 unspecified atom stereocenters. The van der Waals surface area contributed by atoms with Crippen LogP contribution in [0, 0.1) is 12.9 Å². The molecule has 0 amide bonds. The van der Waals surface area contributed by atoms with Crippen molar-refractivity contribution < 1.29 is 14.3 Å². The van der Waals surface area contributed by atoms with Gasteiger partial charge in [-0.1, -0.05) is 0 Å². The van der Waals surface area contributed by atoms with Gasteiger partial charge in [0.1, 0.15) is 0 Å². The van der Waals surface area contributed by atoms with Crippen LogP contribution in [0.25, 0.3) is 0 Å². The van der Waals surface area contributed by atoms with Crippen molar-refractivity contribution in [3.05, 3.63) is 29.3 Å². The summed E-state index contributed by atoms with van der Waals surface area (Å²) in [5.74, 6) is -1.55. The smallest absolute Gasteiger partial charge is 0.305 e. The Morgan fingerprint density at radius 3 is 2.93 bits per heavy atom. The average Bonchev–Trinajstić information content (AvgIpc) is 2.08. The minimum Gasteiger partial charge on any atom is -0.481 e. The van der Waals surface area contributed by atoms with Crippen molar-refractivity contribution >= 4 is 5.97 Å². The van der Waals surface area contributed by atoms with Gasteiger partial charge in [-0.2, -0.15) is 4.39 Å². The van der Waals surface area contributed by atoms with E-state index in [1.54, 1.807) is 6.92 Å². The third-order valence-electron chi connectivity index (χ3n) is 1.86. The number of carbonyl (C=O) groups is 1. The van der Waals surface area contributed by atoms with Crippen molar-refractivity contribution in [3.8, 4) is 0 Å². The van der Waals surface area contributed by atoms with Gasteiger partial charge < -0.3 is 10.8 Å². The summed E-state index contributed by atoms with van der Waals surface area (Å²) in [5, 5.41) is 8.49. The lowest BCUT2D eigenvalue weighted by molar-refractivity contribution is -0.137. The molecule has 0 aliphatic heterocycles. The van der Waals surface area contributed by atoms with E-state index in [0.717, 1.165) is 0 Å². The highest BCUT2D eigenvalue weighted by atomic mass is 19.1. The second-order valence-electron chi connectivity index (χ2n) is 3.08. The molecule has 0 fully saturated rings. The third kappa shape index (κ3) is 2.50. The number of hydrogen-bond acceptors (Lipinski definition) is 3. The van der Waals surface area contributed by atoms with E-state index < -0.39 is 18.0 Å². The van der Waals surface area contributed by atoms with Crippen molar-refractivity contribution in [3.63, 3.8) is 0 Å². The molecule has 1 aromatic rings. The molecule has 1 aromatic heterocycles. The number of carboxylic acids is 1. The topological polar surface area (TPSA) is 76.2 Å². The van der Waals surface area contributed by atoms with Crippen LogP contribution in [0.4, 0.5) is 4.39 Å². The number of halogens is 1. The summed E-state index contributed by atoms with van der Waals surface area (Å²) in [6, 6.07) is 0.870. The van der Waals surface area contributed by atoms with E-state index in [0.29, 0.717) is 11.1 Å². The minimum absolute atomic E-state index is 0.188. The van der Waals surface area contributed by atoms with Gasteiger partial charge >= 0.3 is 5.97 Å². The fraction of sp³-hybridized carbons (Fsp3) is 0.333. The first kappa shape index (κ1) is 10.6. The molecule has 76 valence electrons. The lowest BCUT2D eigenvalue weighted by atomic mass is 10.1. The largest absolute Gasteiger partial charge is 0.481 e. The van der Waals surface area contributed by atoms with E-state index in [1.165, 1.54) is 12.3 Å². The van der Waals surface area contributed by atoms with Crippen molar-refractivity contribution in [2.45, 2.75) is 19.4 Å². The van der Waals surface area contributed by atoms with Gasteiger partial charge in [-0.3, -0.25) is 4.79 Å². The number of pyridine rings is 1. The van der Waals surface area contributed by atoms with Crippen LogP contribution in [0.3, 0.4) is 0 Å². The van der Waals surface area contributed by atoms with Gasteiger partial charge in [0.15, 0.2) is 0 Å². The Labute approximate surface area is 80.6 Å². The van der Waals surface area contributed by atoms with Crippen molar-refractivity contribution in [1.29, 1.82) is 0 Å². The highest BCUT2D eigenvalue weighted by Crippen LogP contribution is 2.15. The monoisotopic (exact) mass is 198 g/mol. The lowest BCUT2D eigenvalue weighted by Crippen LogP contribution is -2.15. The molecule has 0 saturated carbocycles. The fourth-order valence-electron chi connectivity index (χ4n) is 1.09. The van der Waals surface area contributed by atoms with E-state index in [-0.39, 0.29) is 6.42 Å². The maximum atomic E-state index is 12.8. The van der Waals surface area contributed by atoms with Gasteiger partial charge in [-0.25, -0.2) is 4.98 Å². The summed E-state index contributed by atoms with van der Waals surface area (Å²) >= 11 is 0. The number of nitrogens with two attached hydrogens (primary N) is 1. The number of aromatic nitrogens is 1. The van der Waals surface area contributed by atoms with E-state index in [4.69, 9.17) is 10.8 Å². The van der Waals surface area contributed by atoms with Crippen LogP contribution in [0.15, 0.2) is 12.3 Å². The molecule has 0 aromatic carbocycles. The molecule has 1 heterocycles. The number of aliphatic carboxylic acids is 1. The van der Waals surface area contributed by atoms with Gasteiger partial charge in [0.05, 0.1) is 6.42 Å². The van der Waals surface area contributed by atoms with Gasteiger partial charge in [0, 0.05) is 17.8 Å². The van der Waals surface area contributed by atoms with E-state index in [1.807, 2.05) is 0 Å². The van der Waals surface area contributed by atoms with Crippen LogP contribution in [-0.2, 0) is 4.79 Å². The summed E-state index contributed by atoms with van der Waals surface area (Å²) < 4.78 is 12.8. The predicted molar refractivity (Wildman–Crippen MR) is 48.1 cm³/mol. The second-order valence-corrected chi connectivity index (χ2v) is 3.08. The molecule has 0 saturated heterocycles. The first-order valence-corrected chi connectivity index (χ1v) is 4.10. The second kappa shape index (κ2) is 4.15. The van der Waals surface area contributed by atoms with Crippen LogP contribution >= 0.6 is 0 Å². The molecule has 0 aliphatic carbocycles. The Morgan fingerprint density at radius 2 is 2.43 bits per heavy atom. The average molecular weight is 198 g/mol. The number of rotatable bonds is 3. The molecule has 0 radical (unpaired) electrons. The maximum absolute atomic E-state index is 12.8. The number of hydrogen-bond donors (Lipinski definition) is 2. The summed E-state index contributed by atoms with van der Waals surface area (Å²) in [5.41, 5.74) is 6.47. The molecule has 0 aliphatic rings. The van der Waals surface area contributed by atoms with E-state index >= 15 is 0 Å². The van der Waals surface area contributed by atoms with Crippen LogP contribution in [0.1, 0.15) is 23.6 Å². The van der Waals surface area contributed by atoms with Gasteiger partial charge in [0.2, 0.25) is 5.95 Å². The van der Waals surface area contributed by atoms with Crippen molar-refractivity contribution in [2.75, 3.05) is 0 Å². The maximum Gasteiger partial charge on any atom is 0.305 e. The summed E-state index contributed by atoms with van der Waals surface area (Å²) in [6.07, 6.45) is 1.07. The fourth-order valence-corrected chi connectivity index (χ4v) is 1.09. The third-order valence-corrected chi connectivity index (χ3v) is 1.86. The molecular weight excluding hydrogens is 187 g/mol. The highest BCUT2D eigenvalue weighted by molar-refractivity contribution is 5.67. The summed E-state index contributed by atoms with van der Waals surface area (Å²) in [4.78, 5) is 13.8. The van der Waals surface area contributed by atoms with Gasteiger partial charge in [-0.05, 0) is 18.6 Å². The lowest BCUT2D eigenvalue weighted by Gasteiger charge is -2.09. The zero-order valence-electron chi connectivity index (χ0n) is 7.70. The van der Waals surface area contributed by atoms with Gasteiger partial charge in [-0.15, -0.1) is 0 Å². The molecule has 0 spiro atoms. The zero-order chi connectivity index (χ0) is 10.7. The summed E-state index contributed by atoms with van der Waals surface area (Å²) in [7, 11) is 0. The Morgan fingerprint density at radius 1 is 1.79 bits per heavy atom. The molecule has 1 rings (SSSR count). The minimum atomic E-state index is -0.987. The standard InChI is InChI=1S/C9H11FN2O2/c1-5-2-6(4-12-9(5)10)7(11)3-8(13)14/h2,4,7H,3,11H2,1H3,(H,13,14)/t7-/m1/s1. The quantitative estimate of drug-likeness (QED) is 0.710. The number of carboxylic acid groups (broad SMARTS) is 1. The van der Waals surface area contributed by atoms with Crippen LogP contribution in [-0.4, -0.2) is 16.1 Å². The van der Waals surface area contributed by atoms with Crippen LogP contribution in [0.5, 0.6) is 0 Å². The molecule has 0 bridgehead atoms. The SMILES string of the molecule is Cc1cc([C@H](N)CC(=O)O)cnc1F. The number of nitrogens with zero attached hydrogens (tertiary/aromatic N) is 1. The Hall–Kier alpha value is -1.49. The van der Waals surface area contributed by atoms with Crippen LogP contribution < -0.4 is 5.73 Å². The molecule has 5 heteroatoms. The van der Waals surface area contributed by atoms with Crippen molar-refractivity contribution in [1.82, 2.24) is 4.98 Å². The number of aryl methyl sites for hydroxylation is 1. The van der Waals surface area contributed by atoms with E-state index in [9.17, 15) is 9.18 Å². The zero-order valence-corrected chi connectivity index (χ0v) is 7.70. The van der Waals surface area contributed by atoms with E-state index in [2.05, 4.69) is 4.98 Å². The first-order chi connectivity index (χ1) is 6.50. The van der Waals surface area contributed by atoms with Gasteiger partial charge in [0.25, 0.3) is 0 Å². The molecule has 4 nitrogen and oxygen atoms in total. The predicted octanol–water partition coefficient (Wildman–Crippen LogP) is 1.00.